The highest BCUT2D eigenvalue weighted by molar-refractivity contribution is 5.93. The third kappa shape index (κ3) is 1.62. The maximum atomic E-state index is 4.42. The Kier molecular flexibility index (Phi) is 2.22. The molecular weight excluding hydrogens is 208 g/mol. The highest BCUT2D eigenvalue weighted by Gasteiger charge is 2.07. The number of nitrogens with zero attached hydrogens (tertiary/aromatic N) is 1. The molecule has 1 heterocycles. The minimum atomic E-state index is 1.05. The fourth-order valence-corrected chi connectivity index (χ4v) is 2.14. The number of rotatable bonds is 1. The quantitative estimate of drug-likeness (QED) is 0.665. The Bertz CT molecular complexity index is 663. The van der Waals surface area contributed by atoms with E-state index >= 15 is 0 Å². The lowest BCUT2D eigenvalue weighted by molar-refractivity contribution is 1.34. The van der Waals surface area contributed by atoms with Crippen molar-refractivity contribution in [2.24, 2.45) is 0 Å². The van der Waals surface area contributed by atoms with E-state index in [9.17, 15) is 0 Å². The zero-order valence-electron chi connectivity index (χ0n) is 9.99. The summed E-state index contributed by atoms with van der Waals surface area (Å²) in [7, 11) is 0. The van der Waals surface area contributed by atoms with Crippen molar-refractivity contribution in [1.29, 1.82) is 0 Å². The van der Waals surface area contributed by atoms with E-state index in [2.05, 4.69) is 60.2 Å². The number of aromatic amines is 1. The molecule has 0 unspecified atom stereocenters. The molecule has 84 valence electrons. The second-order valence-corrected chi connectivity index (χ2v) is 4.42. The first-order chi connectivity index (χ1) is 8.25. The molecule has 0 bridgehead atoms. The number of hydrogen-bond acceptors (Lipinski definition) is 1. The fraction of sp³-hybridized carbons (Fsp3) is 0.133. The minimum absolute atomic E-state index is 1.05. The molecule has 0 fully saturated rings. The smallest absolute Gasteiger partial charge is 0.0963 e. The molecule has 1 aromatic heterocycles. The van der Waals surface area contributed by atoms with Crippen molar-refractivity contribution in [2.45, 2.75) is 13.8 Å². The summed E-state index contributed by atoms with van der Waals surface area (Å²) in [6, 6.07) is 12.8. The molecule has 0 spiro atoms. The highest BCUT2D eigenvalue weighted by Crippen LogP contribution is 2.28. The molecule has 0 amide bonds. The SMILES string of the molecule is Cc1ccc(-c2ccc(C)c3[nH]cnc23)cc1. The highest BCUT2D eigenvalue weighted by atomic mass is 14.9. The largest absolute Gasteiger partial charge is 0.344 e. The Hall–Kier alpha value is -2.09. The maximum absolute atomic E-state index is 4.42. The lowest BCUT2D eigenvalue weighted by atomic mass is 10.0. The van der Waals surface area contributed by atoms with Gasteiger partial charge in [-0.3, -0.25) is 0 Å². The van der Waals surface area contributed by atoms with Gasteiger partial charge in [0.2, 0.25) is 0 Å². The number of H-pyrrole nitrogens is 1. The molecule has 2 heteroatoms. The van der Waals surface area contributed by atoms with Gasteiger partial charge in [0.25, 0.3) is 0 Å². The fourth-order valence-electron chi connectivity index (χ4n) is 2.14. The van der Waals surface area contributed by atoms with Gasteiger partial charge in [-0.1, -0.05) is 42.0 Å². The summed E-state index contributed by atoms with van der Waals surface area (Å²) in [5, 5.41) is 0. The Morgan fingerprint density at radius 1 is 0.941 bits per heavy atom. The van der Waals surface area contributed by atoms with Crippen molar-refractivity contribution in [3.8, 4) is 11.1 Å². The van der Waals surface area contributed by atoms with Gasteiger partial charge in [-0.05, 0) is 25.0 Å². The number of fused-ring (bicyclic) bond motifs is 1. The topological polar surface area (TPSA) is 28.7 Å². The van der Waals surface area contributed by atoms with Gasteiger partial charge in [-0.15, -0.1) is 0 Å². The average Bonchev–Trinajstić information content (AvgIpc) is 2.81. The Labute approximate surface area is 100 Å². The lowest BCUT2D eigenvalue weighted by Gasteiger charge is -2.05. The number of nitrogens with one attached hydrogen (secondary N) is 1. The van der Waals surface area contributed by atoms with Crippen molar-refractivity contribution < 1.29 is 0 Å². The van der Waals surface area contributed by atoms with Crippen LogP contribution in [0.3, 0.4) is 0 Å². The Morgan fingerprint density at radius 2 is 1.71 bits per heavy atom. The van der Waals surface area contributed by atoms with E-state index in [4.69, 9.17) is 0 Å². The minimum Gasteiger partial charge on any atom is -0.344 e. The van der Waals surface area contributed by atoms with Crippen molar-refractivity contribution >= 4 is 11.0 Å². The third-order valence-electron chi connectivity index (χ3n) is 3.15. The molecule has 0 saturated carbocycles. The zero-order chi connectivity index (χ0) is 11.8. The van der Waals surface area contributed by atoms with E-state index in [0.717, 1.165) is 11.0 Å². The van der Waals surface area contributed by atoms with Crippen molar-refractivity contribution in [3.05, 3.63) is 53.9 Å². The molecule has 17 heavy (non-hydrogen) atoms. The Balaban J connectivity index is 2.27. The molecule has 1 N–H and O–H groups in total. The summed E-state index contributed by atoms with van der Waals surface area (Å²) in [6.45, 7) is 4.20. The van der Waals surface area contributed by atoms with Gasteiger partial charge in [-0.25, -0.2) is 4.98 Å². The van der Waals surface area contributed by atoms with Gasteiger partial charge >= 0.3 is 0 Å². The molecule has 0 aliphatic carbocycles. The molecule has 0 radical (unpaired) electrons. The van der Waals surface area contributed by atoms with Crippen LogP contribution in [0.15, 0.2) is 42.7 Å². The van der Waals surface area contributed by atoms with Gasteiger partial charge in [0.1, 0.15) is 0 Å². The second kappa shape index (κ2) is 3.74. The summed E-state index contributed by atoms with van der Waals surface area (Å²) in [6.07, 6.45) is 1.76. The number of hydrogen-bond donors (Lipinski definition) is 1. The summed E-state index contributed by atoms with van der Waals surface area (Å²) in [4.78, 5) is 7.62. The van der Waals surface area contributed by atoms with Gasteiger partial charge in [0, 0.05) is 5.56 Å². The van der Waals surface area contributed by atoms with Gasteiger partial charge < -0.3 is 4.98 Å². The number of aromatic nitrogens is 2. The van der Waals surface area contributed by atoms with Crippen molar-refractivity contribution in [3.63, 3.8) is 0 Å². The van der Waals surface area contributed by atoms with Crippen LogP contribution in [0.2, 0.25) is 0 Å². The molecule has 0 aliphatic rings. The third-order valence-corrected chi connectivity index (χ3v) is 3.15. The predicted molar refractivity (Wildman–Crippen MR) is 71.0 cm³/mol. The Morgan fingerprint density at radius 3 is 2.47 bits per heavy atom. The molecular formula is C15H14N2. The van der Waals surface area contributed by atoms with Crippen molar-refractivity contribution in [2.75, 3.05) is 0 Å². The first-order valence-corrected chi connectivity index (χ1v) is 5.75. The van der Waals surface area contributed by atoms with E-state index < -0.39 is 0 Å². The molecule has 0 aliphatic heterocycles. The average molecular weight is 222 g/mol. The molecule has 3 rings (SSSR count). The summed E-state index contributed by atoms with van der Waals surface area (Å²) in [5.74, 6) is 0. The van der Waals surface area contributed by atoms with E-state index in [1.807, 2.05) is 0 Å². The van der Waals surface area contributed by atoms with Crippen LogP contribution in [-0.2, 0) is 0 Å². The molecule has 0 saturated heterocycles. The van der Waals surface area contributed by atoms with Gasteiger partial charge in [-0.2, -0.15) is 0 Å². The number of benzene rings is 2. The van der Waals surface area contributed by atoms with Crippen LogP contribution < -0.4 is 0 Å². The molecule has 2 aromatic carbocycles. The normalized spacial score (nSPS) is 10.9. The molecule has 3 aromatic rings. The van der Waals surface area contributed by atoms with Crippen LogP contribution in [0.4, 0.5) is 0 Å². The molecule has 2 nitrogen and oxygen atoms in total. The van der Waals surface area contributed by atoms with Crippen LogP contribution in [0.5, 0.6) is 0 Å². The van der Waals surface area contributed by atoms with Gasteiger partial charge in [0.15, 0.2) is 0 Å². The summed E-state index contributed by atoms with van der Waals surface area (Å²) < 4.78 is 0. The number of aryl methyl sites for hydroxylation is 2. The molecule has 0 atom stereocenters. The van der Waals surface area contributed by atoms with E-state index in [1.165, 1.54) is 22.3 Å². The van der Waals surface area contributed by atoms with Crippen molar-refractivity contribution in [1.82, 2.24) is 9.97 Å². The number of imidazole rings is 1. The lowest BCUT2D eigenvalue weighted by Crippen LogP contribution is -1.84. The zero-order valence-corrected chi connectivity index (χ0v) is 9.99. The van der Waals surface area contributed by atoms with Crippen LogP contribution in [0.1, 0.15) is 11.1 Å². The first kappa shape index (κ1) is 10.1. The summed E-state index contributed by atoms with van der Waals surface area (Å²) >= 11 is 0. The summed E-state index contributed by atoms with van der Waals surface area (Å²) in [5.41, 5.74) is 7.09. The van der Waals surface area contributed by atoms with Crippen LogP contribution >= 0.6 is 0 Å². The monoisotopic (exact) mass is 222 g/mol. The standard InChI is InChI=1S/C15H14N2/c1-10-3-6-12(7-4-10)13-8-5-11(2)14-15(13)17-9-16-14/h3-9H,1-2H3,(H,16,17). The van der Waals surface area contributed by atoms with Crippen LogP contribution in [0.25, 0.3) is 22.2 Å². The van der Waals surface area contributed by atoms with E-state index in [-0.39, 0.29) is 0 Å². The first-order valence-electron chi connectivity index (χ1n) is 5.75. The second-order valence-electron chi connectivity index (χ2n) is 4.42. The van der Waals surface area contributed by atoms with E-state index in [1.54, 1.807) is 6.33 Å². The maximum Gasteiger partial charge on any atom is 0.0963 e. The van der Waals surface area contributed by atoms with Crippen LogP contribution in [-0.4, -0.2) is 9.97 Å². The van der Waals surface area contributed by atoms with Crippen LogP contribution in [0, 0.1) is 13.8 Å². The van der Waals surface area contributed by atoms with Gasteiger partial charge in [0.05, 0.1) is 17.4 Å². The van der Waals surface area contributed by atoms with E-state index in [0.29, 0.717) is 0 Å². The predicted octanol–water partition coefficient (Wildman–Crippen LogP) is 3.85.